The zero-order chi connectivity index (χ0) is 41.9. The molecule has 5 N–H and O–H groups in total. The summed E-state index contributed by atoms with van der Waals surface area (Å²) in [5.41, 5.74) is 4.47. The number of nitrogen functional groups attached to an aromatic ring is 1. The number of H-pyrrole nitrogens is 1. The number of amides is 3. The molecule has 310 valence electrons. The van der Waals surface area contributed by atoms with Crippen LogP contribution in [0.5, 0.6) is 0 Å². The lowest BCUT2D eigenvalue weighted by Crippen LogP contribution is -2.59. The van der Waals surface area contributed by atoms with Gasteiger partial charge in [0.15, 0.2) is 23.9 Å². The van der Waals surface area contributed by atoms with Crippen LogP contribution in [-0.4, -0.2) is 141 Å². The molecule has 0 spiro atoms. The highest BCUT2D eigenvalue weighted by Gasteiger charge is 2.40. The first-order chi connectivity index (χ1) is 27.4. The Morgan fingerprint density at radius 2 is 1.74 bits per heavy atom. The molecule has 2 fully saturated rings. The number of nitrogens with zero attached hydrogens (tertiary/aromatic N) is 7. The van der Waals surface area contributed by atoms with Crippen LogP contribution >= 0.6 is 11.6 Å². The van der Waals surface area contributed by atoms with Gasteiger partial charge in [0.05, 0.1) is 30.2 Å². The number of likely N-dealkylation sites (tertiary alicyclic amines) is 1. The van der Waals surface area contributed by atoms with Gasteiger partial charge in [-0.15, -0.1) is 0 Å². The molecule has 2 aromatic heterocycles. The average Bonchev–Trinajstić information content (AvgIpc) is 3.82. The summed E-state index contributed by atoms with van der Waals surface area (Å²) in [6, 6.07) is 7.85. The van der Waals surface area contributed by atoms with E-state index in [1.165, 1.54) is 36.5 Å². The highest BCUT2D eigenvalue weighted by atomic mass is 35.5. The number of hydrogen-bond donors (Lipinski definition) is 4. The summed E-state index contributed by atoms with van der Waals surface area (Å²) in [6.45, 7) is 3.97. The van der Waals surface area contributed by atoms with E-state index in [9.17, 15) is 41.8 Å². The third-order valence-electron chi connectivity index (χ3n) is 10.6. The zero-order valence-corrected chi connectivity index (χ0v) is 32.6. The number of nitrogens with two attached hydrogens (primary N) is 1. The number of alkyl halides is 3. The maximum Gasteiger partial charge on any atom is 0.435 e. The minimum atomic E-state index is -4.85. The van der Waals surface area contributed by atoms with Gasteiger partial charge in [-0.2, -0.15) is 18.3 Å². The van der Waals surface area contributed by atoms with Crippen LogP contribution in [0.2, 0.25) is 5.02 Å². The molecule has 0 aliphatic carbocycles. The lowest BCUT2D eigenvalue weighted by Gasteiger charge is -2.44. The second-order valence-electron chi connectivity index (χ2n) is 15.0. The van der Waals surface area contributed by atoms with Gasteiger partial charge in [-0.1, -0.05) is 11.6 Å². The molecule has 2 aliphatic rings. The zero-order valence-electron chi connectivity index (χ0n) is 31.9. The number of anilines is 2. The van der Waals surface area contributed by atoms with E-state index >= 15 is 0 Å². The van der Waals surface area contributed by atoms with Crippen molar-refractivity contribution in [2.24, 2.45) is 5.92 Å². The first-order valence-corrected chi connectivity index (χ1v) is 18.9. The monoisotopic (exact) mass is 831 g/mol. The summed E-state index contributed by atoms with van der Waals surface area (Å²) in [5.74, 6) is -3.17. The quantitative estimate of drug-likeness (QED) is 0.0933. The van der Waals surface area contributed by atoms with Crippen LogP contribution in [0, 0.1) is 11.7 Å². The Kier molecular flexibility index (Phi) is 12.4. The van der Waals surface area contributed by atoms with Crippen LogP contribution in [0.25, 0.3) is 5.69 Å². The smallest absolute Gasteiger partial charge is 0.435 e. The summed E-state index contributed by atoms with van der Waals surface area (Å²) in [5, 5.41) is 15.8. The molecule has 0 radical (unpaired) electrons. The van der Waals surface area contributed by atoms with E-state index < -0.39 is 29.6 Å². The third-order valence-corrected chi connectivity index (χ3v) is 10.9. The number of imidazole rings is 1. The highest BCUT2D eigenvalue weighted by Crippen LogP contribution is 2.33. The number of likely N-dealkylation sites (N-methyl/N-ethyl adjacent to an activating group) is 1. The Morgan fingerprint density at radius 1 is 1.05 bits per heavy atom. The predicted molar refractivity (Wildman–Crippen MR) is 205 cm³/mol. The summed E-state index contributed by atoms with van der Waals surface area (Å²) in [7, 11) is 3.90. The van der Waals surface area contributed by atoms with E-state index in [2.05, 4.69) is 20.4 Å². The van der Waals surface area contributed by atoms with Gasteiger partial charge in [0.2, 0.25) is 5.91 Å². The van der Waals surface area contributed by atoms with Gasteiger partial charge in [0.25, 0.3) is 11.8 Å². The Balaban J connectivity index is 1.02. The number of piperidine rings is 1. The molecule has 4 heterocycles. The number of carbonyl (C=O) groups is 4. The fraction of sp³-hybridized carbons (Fsp3) is 0.421. The molecule has 2 aromatic carbocycles. The van der Waals surface area contributed by atoms with Crippen molar-refractivity contribution in [3.05, 3.63) is 88.0 Å². The SMILES string of the molecule is CN(C)CC[N+]1(CC(=O)O)CCC(C(=O)N2CCN(C(=O)c3ccc(NC(=O)c4ncc(Cc5cn(-c6ccc(N)cc6F)nc5C(F)(F)F)[nH]4)cc3Cl)CC2)CC1. The van der Waals surface area contributed by atoms with Crippen LogP contribution in [0.1, 0.15) is 50.8 Å². The maximum absolute atomic E-state index is 14.5. The van der Waals surface area contributed by atoms with Gasteiger partial charge in [-0.3, -0.25) is 14.4 Å². The molecule has 2 saturated heterocycles. The number of aromatic nitrogens is 4. The number of quaternary nitrogens is 1. The van der Waals surface area contributed by atoms with Crippen molar-refractivity contribution < 1.29 is 46.3 Å². The second kappa shape index (κ2) is 17.1. The first kappa shape index (κ1) is 42.1. The summed E-state index contributed by atoms with van der Waals surface area (Å²) >= 11 is 6.50. The third kappa shape index (κ3) is 9.76. The number of aromatic amines is 1. The molecule has 0 atom stereocenters. The summed E-state index contributed by atoms with van der Waals surface area (Å²) < 4.78 is 57.4. The van der Waals surface area contributed by atoms with Crippen LogP contribution in [0.4, 0.5) is 28.9 Å². The molecule has 58 heavy (non-hydrogen) atoms. The summed E-state index contributed by atoms with van der Waals surface area (Å²) in [6.07, 6.45) is -1.77. The fourth-order valence-corrected chi connectivity index (χ4v) is 7.68. The number of carboxylic acids is 1. The number of halogens is 5. The van der Waals surface area contributed by atoms with Gasteiger partial charge in [0.1, 0.15) is 5.69 Å². The molecular weight excluding hydrogens is 788 g/mol. The maximum atomic E-state index is 14.5. The molecule has 0 bridgehead atoms. The topological polar surface area (TPSA) is 183 Å². The molecule has 2 aliphatic heterocycles. The van der Waals surface area contributed by atoms with Crippen molar-refractivity contribution in [2.45, 2.75) is 25.4 Å². The molecule has 0 saturated carbocycles. The van der Waals surface area contributed by atoms with Crippen LogP contribution in [-0.2, 0) is 22.2 Å². The molecule has 4 aromatic rings. The minimum absolute atomic E-state index is 0.0165. The number of piperazine rings is 1. The van der Waals surface area contributed by atoms with Crippen molar-refractivity contribution >= 4 is 46.7 Å². The first-order valence-electron chi connectivity index (χ1n) is 18.6. The molecule has 6 rings (SSSR count). The standard InChI is InChI=1S/C38H43ClF4N10O5/c1-49(2)13-16-53(22-32(54)55)14-7-23(8-15-53)36(57)50-9-11-51(12-10-50)37(58)28-5-4-26(19-29(28)39)47-35(56)34-45-20-27(46-34)17-24-21-52(48-33(24)38(41,42)43)31-6-3-25(44)18-30(31)40/h3-6,18-21,23H,7-17,22,44H2,1-2H3,(H2-,45,46,47,54,55,56,58)/p+1. The van der Waals surface area contributed by atoms with Crippen molar-refractivity contribution in [1.29, 1.82) is 0 Å². The largest absolute Gasteiger partial charge is 0.477 e. The molecule has 3 amide bonds. The second-order valence-corrected chi connectivity index (χ2v) is 15.4. The van der Waals surface area contributed by atoms with Gasteiger partial charge >= 0.3 is 12.1 Å². The van der Waals surface area contributed by atoms with E-state index in [0.29, 0.717) is 50.0 Å². The number of rotatable bonds is 12. The van der Waals surface area contributed by atoms with Gasteiger partial charge in [0, 0.05) is 92.9 Å². The number of hydrogen-bond acceptors (Lipinski definition) is 8. The van der Waals surface area contributed by atoms with Crippen molar-refractivity contribution in [1.82, 2.24) is 34.4 Å². The molecular formula is C38H44ClF4N10O5+. The Hall–Kier alpha value is -5.53. The normalized spacial score (nSPS) is 18.7. The highest BCUT2D eigenvalue weighted by molar-refractivity contribution is 6.34. The van der Waals surface area contributed by atoms with E-state index in [1.54, 1.807) is 9.80 Å². The van der Waals surface area contributed by atoms with Crippen molar-refractivity contribution in [3.8, 4) is 5.69 Å². The van der Waals surface area contributed by atoms with E-state index in [-0.39, 0.29) is 88.5 Å². The van der Waals surface area contributed by atoms with E-state index in [1.807, 2.05) is 19.0 Å². The molecule has 20 heteroatoms. The van der Waals surface area contributed by atoms with E-state index in [0.717, 1.165) is 23.5 Å². The fourth-order valence-electron chi connectivity index (χ4n) is 7.42. The van der Waals surface area contributed by atoms with Crippen LogP contribution < -0.4 is 11.1 Å². The van der Waals surface area contributed by atoms with Gasteiger partial charge in [-0.25, -0.2) is 18.9 Å². The lowest BCUT2D eigenvalue weighted by atomic mass is 9.92. The molecule has 0 unspecified atom stereocenters. The van der Waals surface area contributed by atoms with Crippen LogP contribution in [0.15, 0.2) is 48.8 Å². The lowest BCUT2D eigenvalue weighted by molar-refractivity contribution is -0.926. The number of benzene rings is 2. The minimum Gasteiger partial charge on any atom is -0.477 e. The average molecular weight is 832 g/mol. The Bertz CT molecular complexity index is 2180. The Morgan fingerprint density at radius 3 is 2.36 bits per heavy atom. The number of carboxylic acid groups (broad SMARTS) is 1. The van der Waals surface area contributed by atoms with Crippen LogP contribution in [0.3, 0.4) is 0 Å². The predicted octanol–water partition coefficient (Wildman–Crippen LogP) is 3.99. The number of carbonyl (C=O) groups excluding carboxylic acids is 3. The number of nitrogens with one attached hydrogen (secondary N) is 2. The number of aliphatic carboxylic acids is 1. The summed E-state index contributed by atoms with van der Waals surface area (Å²) in [4.78, 5) is 63.7. The van der Waals surface area contributed by atoms with Gasteiger partial charge in [-0.05, 0) is 50.5 Å². The molecule has 15 nitrogen and oxygen atoms in total. The van der Waals surface area contributed by atoms with Crippen molar-refractivity contribution in [3.63, 3.8) is 0 Å². The van der Waals surface area contributed by atoms with Gasteiger partial charge < -0.3 is 40.3 Å². The van der Waals surface area contributed by atoms with E-state index in [4.69, 9.17) is 17.3 Å². The Labute approximate surface area is 335 Å². The van der Waals surface area contributed by atoms with Crippen molar-refractivity contribution in [2.75, 3.05) is 84.0 Å².